The maximum absolute atomic E-state index is 13.8. The number of amides is 8. The lowest BCUT2D eigenvalue weighted by molar-refractivity contribution is -0.141. The maximum atomic E-state index is 13.8. The molecule has 0 rings (SSSR count). The Hall–Kier alpha value is -4.29. The van der Waals surface area contributed by atoms with E-state index >= 15 is 0 Å². The number of carboxylic acids is 2. The van der Waals surface area contributed by atoms with E-state index in [4.69, 9.17) is 15.9 Å². The van der Waals surface area contributed by atoms with E-state index in [0.29, 0.717) is 18.6 Å². The number of thiol groups is 2. The predicted octanol–water partition coefficient (Wildman–Crippen LogP) is -1.85. The molecule has 354 valence electrons. The van der Waals surface area contributed by atoms with Gasteiger partial charge in [0.15, 0.2) is 0 Å². The topological polar surface area (TPSA) is 333 Å². The number of nitrogens with one attached hydrogen (secondary N) is 8. The molecule has 0 aliphatic rings. The van der Waals surface area contributed by atoms with Gasteiger partial charge < -0.3 is 58.5 Å². The molecule has 12 N–H and O–H groups in total. The van der Waals surface area contributed by atoms with E-state index in [1.165, 1.54) is 18.7 Å². The van der Waals surface area contributed by atoms with Crippen LogP contribution >= 0.6 is 37.0 Å². The summed E-state index contributed by atoms with van der Waals surface area (Å²) in [5, 5.41) is 38.2. The van der Waals surface area contributed by atoms with Crippen molar-refractivity contribution in [2.24, 2.45) is 23.5 Å². The minimum Gasteiger partial charge on any atom is -0.481 e. The summed E-state index contributed by atoms with van der Waals surface area (Å²) in [7, 11) is 0. The van der Waals surface area contributed by atoms with Crippen LogP contribution in [0.5, 0.6) is 0 Å². The van der Waals surface area contributed by atoms with Gasteiger partial charge in [-0.2, -0.15) is 37.0 Å². The Morgan fingerprint density at radius 1 is 0.597 bits per heavy atom. The van der Waals surface area contributed by atoms with Gasteiger partial charge in [0, 0.05) is 11.5 Å². The molecular formula is C38H67N9O12S3. The number of rotatable bonds is 30. The summed E-state index contributed by atoms with van der Waals surface area (Å²) in [6.45, 7) is 11.2. The first-order valence-corrected chi connectivity index (χ1v) is 22.9. The van der Waals surface area contributed by atoms with Crippen molar-refractivity contribution >= 4 is 96.2 Å². The second-order valence-corrected chi connectivity index (χ2v) is 17.0. The molecule has 0 heterocycles. The summed E-state index contributed by atoms with van der Waals surface area (Å²) < 4.78 is 0. The zero-order valence-electron chi connectivity index (χ0n) is 36.6. The first-order valence-electron chi connectivity index (χ1n) is 20.3. The van der Waals surface area contributed by atoms with Gasteiger partial charge in [0.2, 0.25) is 47.3 Å². The van der Waals surface area contributed by atoms with Gasteiger partial charge in [0.1, 0.15) is 42.3 Å². The Labute approximate surface area is 378 Å². The number of nitrogens with two attached hydrogens (primary N) is 1. The van der Waals surface area contributed by atoms with E-state index in [0.717, 1.165) is 0 Å². The molecule has 0 spiro atoms. The summed E-state index contributed by atoms with van der Waals surface area (Å²) in [5.41, 5.74) is 5.62. The van der Waals surface area contributed by atoms with Crippen molar-refractivity contribution in [2.75, 3.05) is 30.1 Å². The second kappa shape index (κ2) is 29.9. The quantitative estimate of drug-likeness (QED) is 0.0352. The average molecular weight is 938 g/mol. The Morgan fingerprint density at radius 2 is 1.05 bits per heavy atom. The minimum absolute atomic E-state index is 0.105. The van der Waals surface area contributed by atoms with Gasteiger partial charge in [-0.15, -0.1) is 0 Å². The van der Waals surface area contributed by atoms with E-state index in [9.17, 15) is 47.9 Å². The molecule has 8 amide bonds. The zero-order valence-corrected chi connectivity index (χ0v) is 39.2. The summed E-state index contributed by atoms with van der Waals surface area (Å²) in [5.74, 6) is -9.77. The monoisotopic (exact) mass is 937 g/mol. The van der Waals surface area contributed by atoms with Gasteiger partial charge in [-0.25, -0.2) is 0 Å². The minimum atomic E-state index is -1.44. The van der Waals surface area contributed by atoms with Crippen LogP contribution in [0.1, 0.15) is 80.6 Å². The van der Waals surface area contributed by atoms with Crippen LogP contribution in [0, 0.1) is 17.8 Å². The number of hydrogen-bond donors (Lipinski definition) is 13. The van der Waals surface area contributed by atoms with E-state index in [-0.39, 0.29) is 30.3 Å². The fraction of sp³-hybridized carbons (Fsp3) is 0.737. The Bertz CT molecular complexity index is 1560. The van der Waals surface area contributed by atoms with Crippen molar-refractivity contribution in [3.63, 3.8) is 0 Å². The van der Waals surface area contributed by atoms with Gasteiger partial charge in [-0.05, 0) is 49.5 Å². The average Bonchev–Trinajstić information content (AvgIpc) is 3.21. The zero-order chi connectivity index (χ0) is 47.9. The van der Waals surface area contributed by atoms with Crippen LogP contribution in [0.2, 0.25) is 0 Å². The number of aliphatic carboxylic acids is 2. The summed E-state index contributed by atoms with van der Waals surface area (Å²) >= 11 is 9.60. The van der Waals surface area contributed by atoms with Crippen LogP contribution in [0.25, 0.3) is 0 Å². The van der Waals surface area contributed by atoms with Crippen molar-refractivity contribution in [1.29, 1.82) is 0 Å². The molecule has 0 radical (unpaired) electrons. The normalized spacial score (nSPS) is 15.9. The molecule has 62 heavy (non-hydrogen) atoms. The van der Waals surface area contributed by atoms with Gasteiger partial charge >= 0.3 is 11.9 Å². The van der Waals surface area contributed by atoms with Gasteiger partial charge in [0.25, 0.3) is 0 Å². The van der Waals surface area contributed by atoms with Gasteiger partial charge in [-0.1, -0.05) is 54.4 Å². The molecule has 0 saturated carbocycles. The highest BCUT2D eigenvalue weighted by atomic mass is 32.2. The summed E-state index contributed by atoms with van der Waals surface area (Å²) in [4.78, 5) is 128. The Kier molecular flexibility index (Phi) is 27.8. The number of hydrogen-bond acceptors (Lipinski definition) is 14. The molecule has 21 nitrogen and oxygen atoms in total. The summed E-state index contributed by atoms with van der Waals surface area (Å²) in [6, 6.07) is -9.87. The number of carboxylic acid groups (broad SMARTS) is 2. The third kappa shape index (κ3) is 21.2. The van der Waals surface area contributed by atoms with Crippen molar-refractivity contribution in [2.45, 2.75) is 129 Å². The molecule has 0 aliphatic carbocycles. The van der Waals surface area contributed by atoms with Crippen LogP contribution in [-0.4, -0.2) is 148 Å². The summed E-state index contributed by atoms with van der Waals surface area (Å²) in [6.07, 6.45) is 2.21. The van der Waals surface area contributed by atoms with E-state index in [1.807, 2.05) is 0 Å². The third-order valence-corrected chi connectivity index (χ3v) is 11.1. The van der Waals surface area contributed by atoms with Crippen molar-refractivity contribution in [3.05, 3.63) is 0 Å². The highest BCUT2D eigenvalue weighted by Gasteiger charge is 2.35. The lowest BCUT2D eigenvalue weighted by atomic mass is 9.96. The fourth-order valence-corrected chi connectivity index (χ4v) is 6.48. The van der Waals surface area contributed by atoms with Crippen LogP contribution < -0.4 is 48.3 Å². The molecular weight excluding hydrogens is 871 g/mol. The Balaban J connectivity index is 6.03. The standard InChI is InChI=1S/C38H67N9O12S3/c1-9-19(5)29(36(56)40-15-27(48)42-24(13-18(3)4)33(53)45-25(16-60)34(54)41-21(7)38(58)59)46-32(52)23(11-12-62-8)43-37(57)30(20(6)10-2)47-35(55)26(17-61)44-31(51)22(39)14-28(49)50/h18-26,29-30,60-61H,9-17,39H2,1-8H3,(H,40,56)(H,41,54)(H,42,48)(H,43,57)(H,44,51)(H,45,53)(H,46,52)(H,47,55)(H,49,50)(H,58,59)/t19-,20-,21-,22-,23-,24-,25-,26-,29-,30-/m0/s1. The third-order valence-electron chi connectivity index (χ3n) is 9.70. The molecule has 0 unspecified atom stereocenters. The first kappa shape index (κ1) is 57.7. The number of thioether (sulfide) groups is 1. The molecule has 0 aromatic heterocycles. The SMILES string of the molecule is CC[C@H](C)[C@H](NC(=O)[C@H](CCSC)NC(=O)[C@@H](NC(=O)[C@H](CS)NC(=O)[C@@H](N)CC(=O)O)[C@@H](C)CC)C(=O)NCC(=O)N[C@@H](CC(C)C)C(=O)N[C@@H](CS)C(=O)N[C@@H](C)C(=O)O. The molecule has 10 atom stereocenters. The predicted molar refractivity (Wildman–Crippen MR) is 239 cm³/mol. The number of carbonyl (C=O) groups excluding carboxylic acids is 8. The molecule has 0 aromatic carbocycles. The highest BCUT2D eigenvalue weighted by Crippen LogP contribution is 2.13. The molecule has 0 bridgehead atoms. The molecule has 0 fully saturated rings. The lowest BCUT2D eigenvalue weighted by Gasteiger charge is -2.29. The van der Waals surface area contributed by atoms with Crippen molar-refractivity contribution < 1.29 is 58.2 Å². The van der Waals surface area contributed by atoms with E-state index in [1.54, 1.807) is 47.8 Å². The van der Waals surface area contributed by atoms with E-state index in [2.05, 4.69) is 67.8 Å². The van der Waals surface area contributed by atoms with Crippen LogP contribution in [-0.2, 0) is 47.9 Å². The van der Waals surface area contributed by atoms with Crippen molar-refractivity contribution in [1.82, 2.24) is 42.5 Å². The fourth-order valence-electron chi connectivity index (χ4n) is 5.50. The van der Waals surface area contributed by atoms with Crippen LogP contribution in [0.15, 0.2) is 0 Å². The maximum Gasteiger partial charge on any atom is 0.325 e. The second-order valence-electron chi connectivity index (χ2n) is 15.3. The van der Waals surface area contributed by atoms with Crippen molar-refractivity contribution in [3.8, 4) is 0 Å². The van der Waals surface area contributed by atoms with Crippen LogP contribution in [0.4, 0.5) is 0 Å². The number of carbonyl (C=O) groups is 10. The van der Waals surface area contributed by atoms with Crippen LogP contribution in [0.3, 0.4) is 0 Å². The molecule has 0 aliphatic heterocycles. The highest BCUT2D eigenvalue weighted by molar-refractivity contribution is 7.98. The lowest BCUT2D eigenvalue weighted by Crippen LogP contribution is -2.61. The van der Waals surface area contributed by atoms with Gasteiger partial charge in [0.05, 0.1) is 19.0 Å². The molecule has 0 aromatic rings. The Morgan fingerprint density at radius 3 is 1.50 bits per heavy atom. The smallest absolute Gasteiger partial charge is 0.325 e. The largest absolute Gasteiger partial charge is 0.481 e. The van der Waals surface area contributed by atoms with E-state index < -0.39 is 132 Å². The molecule has 0 saturated heterocycles. The first-order chi connectivity index (χ1) is 29.0. The molecule has 24 heteroatoms. The van der Waals surface area contributed by atoms with Gasteiger partial charge in [-0.3, -0.25) is 47.9 Å².